The van der Waals surface area contributed by atoms with E-state index in [2.05, 4.69) is 10.2 Å². The molecule has 0 radical (unpaired) electrons. The van der Waals surface area contributed by atoms with Crippen molar-refractivity contribution in [1.29, 1.82) is 0 Å². The lowest BCUT2D eigenvalue weighted by Crippen LogP contribution is -2.63. The van der Waals surface area contributed by atoms with E-state index in [4.69, 9.17) is 0 Å². The van der Waals surface area contributed by atoms with Crippen LogP contribution in [0.15, 0.2) is 11.1 Å². The number of hydrogen-bond acceptors (Lipinski definition) is 4. The van der Waals surface area contributed by atoms with Gasteiger partial charge in [0.1, 0.15) is 4.90 Å². The van der Waals surface area contributed by atoms with E-state index >= 15 is 0 Å². The molecular formula is C10H17N3O3S. The predicted molar refractivity (Wildman–Crippen MR) is 61.9 cm³/mol. The Bertz CT molecular complexity index is 503. The van der Waals surface area contributed by atoms with Crippen LogP contribution in [-0.4, -0.2) is 46.7 Å². The minimum Gasteiger partial charge on any atom is -0.387 e. The maximum Gasteiger partial charge on any atom is 0.246 e. The second-order valence-electron chi connectivity index (χ2n) is 4.61. The largest absolute Gasteiger partial charge is 0.387 e. The summed E-state index contributed by atoms with van der Waals surface area (Å²) in [6.45, 7) is 3.98. The molecular weight excluding hydrogens is 242 g/mol. The highest BCUT2D eigenvalue weighted by Gasteiger charge is 2.47. The SMILES string of the molecule is CCCC1(O)CN(S(=O)(=O)c2cn[nH]c2C)C1. The monoisotopic (exact) mass is 259 g/mol. The van der Waals surface area contributed by atoms with Gasteiger partial charge in [0.25, 0.3) is 0 Å². The summed E-state index contributed by atoms with van der Waals surface area (Å²) in [5.41, 5.74) is -0.324. The molecule has 1 aromatic heterocycles. The van der Waals surface area contributed by atoms with Gasteiger partial charge in [-0.25, -0.2) is 8.42 Å². The third-order valence-corrected chi connectivity index (χ3v) is 4.96. The topological polar surface area (TPSA) is 86.3 Å². The molecule has 0 aliphatic carbocycles. The number of sulfonamides is 1. The van der Waals surface area contributed by atoms with Crippen LogP contribution in [0.3, 0.4) is 0 Å². The van der Waals surface area contributed by atoms with Gasteiger partial charge < -0.3 is 5.11 Å². The molecule has 1 aliphatic rings. The molecule has 0 amide bonds. The van der Waals surface area contributed by atoms with Gasteiger partial charge in [-0.1, -0.05) is 13.3 Å². The van der Waals surface area contributed by atoms with Gasteiger partial charge in [-0.05, 0) is 13.3 Å². The molecule has 2 rings (SSSR count). The third-order valence-electron chi connectivity index (χ3n) is 3.06. The molecule has 0 atom stereocenters. The lowest BCUT2D eigenvalue weighted by atomic mass is 9.92. The summed E-state index contributed by atoms with van der Waals surface area (Å²) < 4.78 is 25.6. The standard InChI is InChI=1S/C10H17N3O3S/c1-3-4-10(14)6-13(7-10)17(15,16)9-5-11-12-8(9)2/h5,14H,3-4,6-7H2,1-2H3,(H,11,12). The maximum atomic E-state index is 12.1. The minimum absolute atomic E-state index is 0.174. The Labute approximate surface area is 101 Å². The molecule has 2 N–H and O–H groups in total. The maximum absolute atomic E-state index is 12.1. The van der Waals surface area contributed by atoms with Crippen molar-refractivity contribution < 1.29 is 13.5 Å². The summed E-state index contributed by atoms with van der Waals surface area (Å²) in [6.07, 6.45) is 2.78. The quantitative estimate of drug-likeness (QED) is 0.811. The fourth-order valence-electron chi connectivity index (χ4n) is 2.14. The average Bonchev–Trinajstić information content (AvgIpc) is 2.61. The van der Waals surface area contributed by atoms with Gasteiger partial charge in [-0.2, -0.15) is 9.40 Å². The molecule has 0 unspecified atom stereocenters. The van der Waals surface area contributed by atoms with E-state index < -0.39 is 15.6 Å². The normalized spacial score (nSPS) is 20.2. The van der Waals surface area contributed by atoms with E-state index in [0.29, 0.717) is 12.1 Å². The fraction of sp³-hybridized carbons (Fsp3) is 0.700. The number of aliphatic hydroxyl groups is 1. The van der Waals surface area contributed by atoms with E-state index in [-0.39, 0.29) is 18.0 Å². The van der Waals surface area contributed by atoms with Crippen LogP contribution in [0, 0.1) is 6.92 Å². The van der Waals surface area contributed by atoms with Gasteiger partial charge in [-0.15, -0.1) is 0 Å². The zero-order chi connectivity index (χ0) is 12.7. The van der Waals surface area contributed by atoms with E-state index in [1.54, 1.807) is 6.92 Å². The number of H-pyrrole nitrogens is 1. The molecule has 0 saturated carbocycles. The van der Waals surface area contributed by atoms with E-state index in [9.17, 15) is 13.5 Å². The van der Waals surface area contributed by atoms with Crippen molar-refractivity contribution in [3.8, 4) is 0 Å². The molecule has 17 heavy (non-hydrogen) atoms. The predicted octanol–water partition coefficient (Wildman–Crippen LogP) is 0.254. The highest BCUT2D eigenvalue weighted by Crippen LogP contribution is 2.31. The number of aryl methyl sites for hydroxylation is 1. The van der Waals surface area contributed by atoms with Crippen molar-refractivity contribution in [1.82, 2.24) is 14.5 Å². The van der Waals surface area contributed by atoms with Crippen LogP contribution in [0.2, 0.25) is 0 Å². The Balaban J connectivity index is 2.14. The van der Waals surface area contributed by atoms with Crippen LogP contribution in [0.1, 0.15) is 25.5 Å². The summed E-state index contributed by atoms with van der Waals surface area (Å²) in [7, 11) is -3.50. The number of aromatic nitrogens is 2. The smallest absolute Gasteiger partial charge is 0.246 e. The first-order chi connectivity index (χ1) is 7.89. The molecule has 6 nitrogen and oxygen atoms in total. The van der Waals surface area contributed by atoms with Crippen LogP contribution in [0.4, 0.5) is 0 Å². The molecule has 96 valence electrons. The molecule has 1 fully saturated rings. The van der Waals surface area contributed by atoms with E-state index in [0.717, 1.165) is 6.42 Å². The Morgan fingerprint density at radius 3 is 2.71 bits per heavy atom. The van der Waals surface area contributed by atoms with Crippen LogP contribution >= 0.6 is 0 Å². The summed E-state index contributed by atoms with van der Waals surface area (Å²) in [4.78, 5) is 0.191. The highest BCUT2D eigenvalue weighted by atomic mass is 32.2. The van der Waals surface area contributed by atoms with Gasteiger partial charge in [0.05, 0.1) is 17.5 Å². The second-order valence-corrected chi connectivity index (χ2v) is 6.51. The van der Waals surface area contributed by atoms with Crippen molar-refractivity contribution in [3.63, 3.8) is 0 Å². The summed E-state index contributed by atoms with van der Waals surface area (Å²) in [5, 5.41) is 16.3. The Kier molecular flexibility index (Phi) is 3.01. The highest BCUT2D eigenvalue weighted by molar-refractivity contribution is 7.89. The summed E-state index contributed by atoms with van der Waals surface area (Å²) >= 11 is 0. The van der Waals surface area contributed by atoms with Gasteiger partial charge >= 0.3 is 0 Å². The van der Waals surface area contributed by atoms with Gasteiger partial charge in [0.2, 0.25) is 10.0 Å². The first kappa shape index (κ1) is 12.5. The molecule has 0 spiro atoms. The van der Waals surface area contributed by atoms with Crippen molar-refractivity contribution in [2.75, 3.05) is 13.1 Å². The fourth-order valence-corrected chi connectivity index (χ4v) is 3.86. The molecule has 1 aromatic rings. The first-order valence-corrected chi connectivity index (χ1v) is 7.05. The summed E-state index contributed by atoms with van der Waals surface area (Å²) in [6, 6.07) is 0. The zero-order valence-electron chi connectivity index (χ0n) is 9.97. The molecule has 1 saturated heterocycles. The Hall–Kier alpha value is -0.920. The number of nitrogens with zero attached hydrogens (tertiary/aromatic N) is 2. The van der Waals surface area contributed by atoms with Gasteiger partial charge in [-0.3, -0.25) is 5.10 Å². The number of β-amino-alcohol motifs (C(OH)–C–C–N with tert-alkyl or cyclic N) is 1. The van der Waals surface area contributed by atoms with E-state index in [1.165, 1.54) is 10.5 Å². The minimum atomic E-state index is -3.50. The van der Waals surface area contributed by atoms with Crippen molar-refractivity contribution >= 4 is 10.0 Å². The second kappa shape index (κ2) is 4.08. The molecule has 1 aliphatic heterocycles. The molecule has 0 bridgehead atoms. The van der Waals surface area contributed by atoms with Crippen LogP contribution < -0.4 is 0 Å². The number of aromatic amines is 1. The average molecular weight is 259 g/mol. The zero-order valence-corrected chi connectivity index (χ0v) is 10.8. The number of nitrogens with one attached hydrogen (secondary N) is 1. The van der Waals surface area contributed by atoms with E-state index in [1.807, 2.05) is 6.92 Å². The van der Waals surface area contributed by atoms with Crippen molar-refractivity contribution in [2.45, 2.75) is 37.2 Å². The molecule has 2 heterocycles. The number of rotatable bonds is 4. The lowest BCUT2D eigenvalue weighted by Gasteiger charge is -2.45. The third kappa shape index (κ3) is 2.10. The van der Waals surface area contributed by atoms with Crippen LogP contribution in [-0.2, 0) is 10.0 Å². The Morgan fingerprint density at radius 1 is 1.59 bits per heavy atom. The summed E-state index contributed by atoms with van der Waals surface area (Å²) in [5.74, 6) is 0. The number of hydrogen-bond donors (Lipinski definition) is 2. The lowest BCUT2D eigenvalue weighted by molar-refractivity contribution is -0.0653. The van der Waals surface area contributed by atoms with Crippen LogP contribution in [0.25, 0.3) is 0 Å². The van der Waals surface area contributed by atoms with Crippen molar-refractivity contribution in [2.24, 2.45) is 0 Å². The van der Waals surface area contributed by atoms with Crippen LogP contribution in [0.5, 0.6) is 0 Å². The molecule has 7 heteroatoms. The Morgan fingerprint density at radius 2 is 2.24 bits per heavy atom. The van der Waals surface area contributed by atoms with Gasteiger partial charge in [0, 0.05) is 13.1 Å². The van der Waals surface area contributed by atoms with Crippen molar-refractivity contribution in [3.05, 3.63) is 11.9 Å². The molecule has 0 aromatic carbocycles. The first-order valence-electron chi connectivity index (χ1n) is 5.61. The van der Waals surface area contributed by atoms with Gasteiger partial charge in [0.15, 0.2) is 0 Å².